The second-order valence-electron chi connectivity index (χ2n) is 2.71. The quantitative estimate of drug-likeness (QED) is 0.610. The molecule has 0 radical (unpaired) electrons. The predicted octanol–water partition coefficient (Wildman–Crippen LogP) is 0.726. The Kier molecular flexibility index (Phi) is 2.68. The minimum atomic E-state index is -0.994. The summed E-state index contributed by atoms with van der Waals surface area (Å²) in [5.74, 6) is 0.0246. The van der Waals surface area contributed by atoms with Crippen LogP contribution in [0.2, 0.25) is 0 Å². The lowest BCUT2D eigenvalue weighted by atomic mass is 10.0. The highest BCUT2D eigenvalue weighted by atomic mass is 16.3. The van der Waals surface area contributed by atoms with Gasteiger partial charge in [-0.1, -0.05) is 12.1 Å². The SMILES string of the molecule is Cc1cccc(O)c1[C@@H](O)CO. The molecule has 1 rings (SSSR count). The van der Waals surface area contributed by atoms with Gasteiger partial charge in [0.2, 0.25) is 0 Å². The molecule has 0 aliphatic rings. The van der Waals surface area contributed by atoms with Gasteiger partial charge in [0.1, 0.15) is 11.9 Å². The summed E-state index contributed by atoms with van der Waals surface area (Å²) in [6.07, 6.45) is -0.994. The third-order valence-corrected chi connectivity index (χ3v) is 1.81. The number of phenolic OH excluding ortho intramolecular Hbond substituents is 1. The van der Waals surface area contributed by atoms with Crippen molar-refractivity contribution in [3.63, 3.8) is 0 Å². The summed E-state index contributed by atoms with van der Waals surface area (Å²) in [4.78, 5) is 0. The highest BCUT2D eigenvalue weighted by Gasteiger charge is 2.12. The van der Waals surface area contributed by atoms with Crippen LogP contribution in [0.3, 0.4) is 0 Å². The van der Waals surface area contributed by atoms with Crippen molar-refractivity contribution < 1.29 is 15.3 Å². The Morgan fingerprint density at radius 3 is 2.58 bits per heavy atom. The van der Waals surface area contributed by atoms with Crippen LogP contribution in [-0.4, -0.2) is 21.9 Å². The van der Waals surface area contributed by atoms with Crippen molar-refractivity contribution in [1.82, 2.24) is 0 Å². The number of aromatic hydroxyl groups is 1. The molecule has 66 valence electrons. The average molecular weight is 168 g/mol. The molecule has 0 aliphatic carbocycles. The lowest BCUT2D eigenvalue weighted by molar-refractivity contribution is 0.0929. The summed E-state index contributed by atoms with van der Waals surface area (Å²) < 4.78 is 0. The molecule has 0 amide bonds. The standard InChI is InChI=1S/C9H12O3/c1-6-3-2-4-7(11)9(6)8(12)5-10/h2-4,8,10-12H,5H2,1H3/t8-/m0/s1. The van der Waals surface area contributed by atoms with E-state index in [1.54, 1.807) is 19.1 Å². The molecule has 0 aliphatic heterocycles. The fourth-order valence-corrected chi connectivity index (χ4v) is 1.19. The Morgan fingerprint density at radius 2 is 2.08 bits per heavy atom. The molecule has 3 nitrogen and oxygen atoms in total. The molecule has 0 bridgehead atoms. The van der Waals surface area contributed by atoms with Gasteiger partial charge in [0.05, 0.1) is 6.61 Å². The molecule has 1 aromatic rings. The van der Waals surface area contributed by atoms with E-state index < -0.39 is 6.10 Å². The maximum absolute atomic E-state index is 9.32. The summed E-state index contributed by atoms with van der Waals surface area (Å²) in [6.45, 7) is 1.40. The second kappa shape index (κ2) is 3.56. The summed E-state index contributed by atoms with van der Waals surface area (Å²) in [5.41, 5.74) is 1.18. The number of hydrogen-bond donors (Lipinski definition) is 3. The van der Waals surface area contributed by atoms with Crippen LogP contribution in [0, 0.1) is 6.92 Å². The Labute approximate surface area is 70.9 Å². The van der Waals surface area contributed by atoms with E-state index in [1.807, 2.05) is 0 Å². The number of hydrogen-bond acceptors (Lipinski definition) is 3. The van der Waals surface area contributed by atoms with Gasteiger partial charge in [-0.3, -0.25) is 0 Å². The van der Waals surface area contributed by atoms with Crippen molar-refractivity contribution in [2.75, 3.05) is 6.61 Å². The molecule has 1 aromatic carbocycles. The van der Waals surface area contributed by atoms with Crippen LogP contribution in [0.15, 0.2) is 18.2 Å². The van der Waals surface area contributed by atoms with Crippen molar-refractivity contribution in [2.24, 2.45) is 0 Å². The highest BCUT2D eigenvalue weighted by Crippen LogP contribution is 2.26. The van der Waals surface area contributed by atoms with Crippen LogP contribution in [0.4, 0.5) is 0 Å². The molecule has 3 heteroatoms. The summed E-state index contributed by atoms with van der Waals surface area (Å²) in [6, 6.07) is 4.95. The number of phenols is 1. The lowest BCUT2D eigenvalue weighted by Crippen LogP contribution is -2.04. The molecule has 0 fully saturated rings. The smallest absolute Gasteiger partial charge is 0.121 e. The minimum absolute atomic E-state index is 0.0246. The van der Waals surface area contributed by atoms with E-state index in [2.05, 4.69) is 0 Å². The molecule has 0 saturated carbocycles. The first-order valence-electron chi connectivity index (χ1n) is 3.74. The van der Waals surface area contributed by atoms with Crippen molar-refractivity contribution in [2.45, 2.75) is 13.0 Å². The number of aliphatic hydroxyl groups is 2. The van der Waals surface area contributed by atoms with Crippen molar-refractivity contribution in [3.05, 3.63) is 29.3 Å². The number of benzene rings is 1. The van der Waals surface area contributed by atoms with Gasteiger partial charge < -0.3 is 15.3 Å². The van der Waals surface area contributed by atoms with Crippen LogP contribution in [0.1, 0.15) is 17.2 Å². The molecule has 1 atom stereocenters. The van der Waals surface area contributed by atoms with Crippen LogP contribution >= 0.6 is 0 Å². The first-order chi connectivity index (χ1) is 5.66. The van der Waals surface area contributed by atoms with E-state index >= 15 is 0 Å². The highest BCUT2D eigenvalue weighted by molar-refractivity contribution is 5.40. The summed E-state index contributed by atoms with van der Waals surface area (Å²) in [7, 11) is 0. The zero-order chi connectivity index (χ0) is 9.14. The molecular formula is C9H12O3. The van der Waals surface area contributed by atoms with E-state index in [4.69, 9.17) is 5.11 Å². The molecule has 0 saturated heterocycles. The third kappa shape index (κ3) is 1.57. The van der Waals surface area contributed by atoms with Crippen LogP contribution < -0.4 is 0 Å². The number of rotatable bonds is 2. The molecule has 0 heterocycles. The molecule has 0 spiro atoms. The van der Waals surface area contributed by atoms with Gasteiger partial charge in [-0.25, -0.2) is 0 Å². The van der Waals surface area contributed by atoms with Gasteiger partial charge in [-0.2, -0.15) is 0 Å². The van der Waals surface area contributed by atoms with Crippen LogP contribution in [-0.2, 0) is 0 Å². The van der Waals surface area contributed by atoms with Crippen molar-refractivity contribution in [1.29, 1.82) is 0 Å². The maximum Gasteiger partial charge on any atom is 0.121 e. The Balaban J connectivity index is 3.12. The van der Waals surface area contributed by atoms with E-state index in [1.165, 1.54) is 6.07 Å². The maximum atomic E-state index is 9.32. The fourth-order valence-electron chi connectivity index (χ4n) is 1.19. The first-order valence-corrected chi connectivity index (χ1v) is 3.74. The zero-order valence-electron chi connectivity index (χ0n) is 6.86. The topological polar surface area (TPSA) is 60.7 Å². The van der Waals surface area contributed by atoms with Gasteiger partial charge in [-0.15, -0.1) is 0 Å². The lowest BCUT2D eigenvalue weighted by Gasteiger charge is -2.12. The normalized spacial score (nSPS) is 12.9. The van der Waals surface area contributed by atoms with Crippen molar-refractivity contribution >= 4 is 0 Å². The summed E-state index contributed by atoms with van der Waals surface area (Å²) in [5, 5.41) is 27.3. The molecule has 0 unspecified atom stereocenters. The van der Waals surface area contributed by atoms with Gasteiger partial charge >= 0.3 is 0 Å². The molecule has 3 N–H and O–H groups in total. The van der Waals surface area contributed by atoms with E-state index in [0.717, 1.165) is 5.56 Å². The second-order valence-corrected chi connectivity index (χ2v) is 2.71. The minimum Gasteiger partial charge on any atom is -0.508 e. The zero-order valence-corrected chi connectivity index (χ0v) is 6.86. The molecule has 0 aromatic heterocycles. The Bertz CT molecular complexity index is 250. The third-order valence-electron chi connectivity index (χ3n) is 1.81. The van der Waals surface area contributed by atoms with E-state index in [9.17, 15) is 10.2 Å². The molecule has 12 heavy (non-hydrogen) atoms. The average Bonchev–Trinajstić information content (AvgIpc) is 2.03. The molecular weight excluding hydrogens is 156 g/mol. The fraction of sp³-hybridized carbons (Fsp3) is 0.333. The number of aryl methyl sites for hydroxylation is 1. The van der Waals surface area contributed by atoms with Crippen LogP contribution in [0.5, 0.6) is 5.75 Å². The van der Waals surface area contributed by atoms with Crippen molar-refractivity contribution in [3.8, 4) is 5.75 Å². The van der Waals surface area contributed by atoms with Crippen LogP contribution in [0.25, 0.3) is 0 Å². The largest absolute Gasteiger partial charge is 0.508 e. The monoisotopic (exact) mass is 168 g/mol. The van der Waals surface area contributed by atoms with Gasteiger partial charge in [0, 0.05) is 5.56 Å². The van der Waals surface area contributed by atoms with Gasteiger partial charge in [0.25, 0.3) is 0 Å². The first kappa shape index (κ1) is 9.03. The summed E-state index contributed by atoms with van der Waals surface area (Å²) >= 11 is 0. The Hall–Kier alpha value is -1.06. The van der Waals surface area contributed by atoms with E-state index in [0.29, 0.717) is 5.56 Å². The Morgan fingerprint density at radius 1 is 1.42 bits per heavy atom. The van der Waals surface area contributed by atoms with Gasteiger partial charge in [-0.05, 0) is 18.6 Å². The predicted molar refractivity (Wildman–Crippen MR) is 44.9 cm³/mol. The number of aliphatic hydroxyl groups excluding tert-OH is 2. The van der Waals surface area contributed by atoms with E-state index in [-0.39, 0.29) is 12.4 Å². The van der Waals surface area contributed by atoms with Gasteiger partial charge in [0.15, 0.2) is 0 Å².